The van der Waals surface area contributed by atoms with Gasteiger partial charge >= 0.3 is 0 Å². The molecule has 1 aliphatic rings. The standard InChI is InChI=1S/C18H15N5O2S/c1-2-5-13(6-3-1)23-16(12-8-9-12)20-22-18(23)26-11-15-19-21-17(25-15)14-7-4-10-24-14/h1-7,10,12H,8-9,11H2. The van der Waals surface area contributed by atoms with Crippen LogP contribution in [-0.2, 0) is 5.75 Å². The van der Waals surface area contributed by atoms with E-state index in [1.165, 1.54) is 24.6 Å². The summed E-state index contributed by atoms with van der Waals surface area (Å²) in [6, 6.07) is 13.8. The molecule has 3 aromatic heterocycles. The maximum absolute atomic E-state index is 5.67. The van der Waals surface area contributed by atoms with Gasteiger partial charge in [-0.1, -0.05) is 30.0 Å². The van der Waals surface area contributed by atoms with Gasteiger partial charge in [0, 0.05) is 11.6 Å². The number of aromatic nitrogens is 5. The molecule has 1 fully saturated rings. The minimum Gasteiger partial charge on any atom is -0.459 e. The number of hydrogen-bond donors (Lipinski definition) is 0. The fraction of sp³-hybridized carbons (Fsp3) is 0.222. The van der Waals surface area contributed by atoms with Gasteiger partial charge in [0.05, 0.1) is 12.0 Å². The zero-order valence-corrected chi connectivity index (χ0v) is 14.6. The molecule has 0 saturated heterocycles. The number of nitrogens with zero attached hydrogens (tertiary/aromatic N) is 5. The molecule has 1 aromatic carbocycles. The number of rotatable bonds is 6. The molecule has 0 aliphatic heterocycles. The van der Waals surface area contributed by atoms with Gasteiger partial charge in [0.25, 0.3) is 5.89 Å². The second-order valence-electron chi connectivity index (χ2n) is 6.05. The van der Waals surface area contributed by atoms with Gasteiger partial charge in [-0.25, -0.2) is 0 Å². The van der Waals surface area contributed by atoms with E-state index < -0.39 is 0 Å². The first-order valence-corrected chi connectivity index (χ1v) is 9.37. The summed E-state index contributed by atoms with van der Waals surface area (Å²) in [4.78, 5) is 0. The largest absolute Gasteiger partial charge is 0.459 e. The van der Waals surface area contributed by atoms with Crippen LogP contribution in [0.3, 0.4) is 0 Å². The van der Waals surface area contributed by atoms with Crippen molar-refractivity contribution in [2.75, 3.05) is 0 Å². The highest BCUT2D eigenvalue weighted by molar-refractivity contribution is 7.98. The molecule has 0 unspecified atom stereocenters. The highest BCUT2D eigenvalue weighted by Crippen LogP contribution is 2.41. The van der Waals surface area contributed by atoms with Crippen molar-refractivity contribution in [3.63, 3.8) is 0 Å². The fourth-order valence-electron chi connectivity index (χ4n) is 2.74. The first-order valence-electron chi connectivity index (χ1n) is 8.38. The monoisotopic (exact) mass is 365 g/mol. The van der Waals surface area contributed by atoms with E-state index in [1.807, 2.05) is 18.2 Å². The lowest BCUT2D eigenvalue weighted by Crippen LogP contribution is -2.01. The van der Waals surface area contributed by atoms with Crippen LogP contribution in [-0.4, -0.2) is 25.0 Å². The van der Waals surface area contributed by atoms with Crippen LogP contribution >= 0.6 is 11.8 Å². The summed E-state index contributed by atoms with van der Waals surface area (Å²) in [6.45, 7) is 0. The maximum atomic E-state index is 5.67. The lowest BCUT2D eigenvalue weighted by Gasteiger charge is -2.08. The first-order chi connectivity index (χ1) is 12.9. The van der Waals surface area contributed by atoms with Gasteiger partial charge < -0.3 is 8.83 Å². The smallest absolute Gasteiger partial charge is 0.283 e. The van der Waals surface area contributed by atoms with Gasteiger partial charge in [-0.2, -0.15) is 0 Å². The molecule has 0 spiro atoms. The van der Waals surface area contributed by atoms with Crippen molar-refractivity contribution in [3.8, 4) is 17.3 Å². The van der Waals surface area contributed by atoms with Crippen LogP contribution in [0.2, 0.25) is 0 Å². The lowest BCUT2D eigenvalue weighted by molar-refractivity contribution is 0.494. The van der Waals surface area contributed by atoms with E-state index >= 15 is 0 Å². The molecular formula is C18H15N5O2S. The molecule has 3 heterocycles. The normalized spacial score (nSPS) is 14.0. The molecular weight excluding hydrogens is 350 g/mol. The van der Waals surface area contributed by atoms with E-state index in [0.29, 0.717) is 29.2 Å². The van der Waals surface area contributed by atoms with Crippen molar-refractivity contribution < 1.29 is 8.83 Å². The van der Waals surface area contributed by atoms with Crippen LogP contribution < -0.4 is 0 Å². The Kier molecular flexibility index (Phi) is 3.82. The van der Waals surface area contributed by atoms with Crippen LogP contribution in [0.4, 0.5) is 0 Å². The van der Waals surface area contributed by atoms with Crippen molar-refractivity contribution >= 4 is 11.8 Å². The zero-order valence-electron chi connectivity index (χ0n) is 13.8. The summed E-state index contributed by atoms with van der Waals surface area (Å²) in [5.74, 6) is 3.53. The molecule has 1 aliphatic carbocycles. The van der Waals surface area contributed by atoms with Crippen LogP contribution in [0.15, 0.2) is 62.7 Å². The van der Waals surface area contributed by atoms with Crippen molar-refractivity contribution in [2.24, 2.45) is 0 Å². The predicted molar refractivity (Wildman–Crippen MR) is 94.9 cm³/mol. The molecule has 0 amide bonds. The second kappa shape index (κ2) is 6.45. The molecule has 4 aromatic rings. The molecule has 8 heteroatoms. The molecule has 5 rings (SSSR count). The summed E-state index contributed by atoms with van der Waals surface area (Å²) < 4.78 is 13.1. The Balaban J connectivity index is 1.39. The number of para-hydroxylation sites is 1. The molecule has 0 atom stereocenters. The molecule has 7 nitrogen and oxygen atoms in total. The summed E-state index contributed by atoms with van der Waals surface area (Å²) in [7, 11) is 0. The van der Waals surface area contributed by atoms with E-state index in [1.54, 1.807) is 18.4 Å². The zero-order chi connectivity index (χ0) is 17.3. The Hall–Kier alpha value is -2.87. The van der Waals surface area contributed by atoms with Crippen molar-refractivity contribution in [1.29, 1.82) is 0 Å². The SMILES string of the molecule is c1ccc(-n2c(SCc3nnc(-c4ccco4)o3)nnc2C2CC2)cc1. The van der Waals surface area contributed by atoms with Gasteiger partial charge in [-0.3, -0.25) is 4.57 Å². The average molecular weight is 365 g/mol. The molecule has 0 N–H and O–H groups in total. The Bertz CT molecular complexity index is 1010. The van der Waals surface area contributed by atoms with E-state index in [9.17, 15) is 0 Å². The fourth-order valence-corrected chi connectivity index (χ4v) is 3.53. The van der Waals surface area contributed by atoms with Gasteiger partial charge in [0.2, 0.25) is 5.89 Å². The topological polar surface area (TPSA) is 82.8 Å². The van der Waals surface area contributed by atoms with Crippen LogP contribution in [0, 0.1) is 0 Å². The quantitative estimate of drug-likeness (QED) is 0.476. The van der Waals surface area contributed by atoms with Gasteiger partial charge in [-0.05, 0) is 37.1 Å². The summed E-state index contributed by atoms with van der Waals surface area (Å²) in [5.41, 5.74) is 1.07. The minimum atomic E-state index is 0.383. The van der Waals surface area contributed by atoms with Gasteiger partial charge in [0.15, 0.2) is 10.9 Å². The van der Waals surface area contributed by atoms with Crippen LogP contribution in [0.5, 0.6) is 0 Å². The van der Waals surface area contributed by atoms with Crippen LogP contribution in [0.25, 0.3) is 17.3 Å². The second-order valence-corrected chi connectivity index (χ2v) is 7.00. The molecule has 0 radical (unpaired) electrons. The van der Waals surface area contributed by atoms with E-state index in [-0.39, 0.29) is 0 Å². The molecule has 0 bridgehead atoms. The highest BCUT2D eigenvalue weighted by Gasteiger charge is 2.31. The molecule has 1 saturated carbocycles. The van der Waals surface area contributed by atoms with Crippen molar-refractivity contribution in [3.05, 3.63) is 60.4 Å². The van der Waals surface area contributed by atoms with Gasteiger partial charge in [-0.15, -0.1) is 20.4 Å². The minimum absolute atomic E-state index is 0.383. The number of furan rings is 1. The number of hydrogen-bond acceptors (Lipinski definition) is 7. The predicted octanol–water partition coefficient (Wildman–Crippen LogP) is 4.08. The summed E-state index contributed by atoms with van der Waals surface area (Å²) >= 11 is 1.53. The third-order valence-electron chi connectivity index (χ3n) is 4.14. The Morgan fingerprint density at radius 1 is 1.00 bits per heavy atom. The van der Waals surface area contributed by atoms with Crippen molar-refractivity contribution in [1.82, 2.24) is 25.0 Å². The summed E-state index contributed by atoms with van der Waals surface area (Å²) in [6.07, 6.45) is 3.92. The molecule has 130 valence electrons. The summed E-state index contributed by atoms with van der Waals surface area (Å²) in [5, 5.41) is 17.8. The third kappa shape index (κ3) is 2.92. The number of thioether (sulfide) groups is 1. The maximum Gasteiger partial charge on any atom is 0.283 e. The highest BCUT2D eigenvalue weighted by atomic mass is 32.2. The Morgan fingerprint density at radius 3 is 2.65 bits per heavy atom. The number of benzene rings is 1. The lowest BCUT2D eigenvalue weighted by atomic mass is 10.3. The van der Waals surface area contributed by atoms with E-state index in [4.69, 9.17) is 8.83 Å². The Labute approximate surface area is 153 Å². The molecule has 26 heavy (non-hydrogen) atoms. The average Bonchev–Trinajstić information content (AvgIpc) is 3.08. The van der Waals surface area contributed by atoms with Crippen LogP contribution in [0.1, 0.15) is 30.5 Å². The third-order valence-corrected chi connectivity index (χ3v) is 5.05. The van der Waals surface area contributed by atoms with E-state index in [2.05, 4.69) is 37.1 Å². The Morgan fingerprint density at radius 2 is 1.88 bits per heavy atom. The van der Waals surface area contributed by atoms with Gasteiger partial charge in [0.1, 0.15) is 5.82 Å². The first kappa shape index (κ1) is 15.4. The van der Waals surface area contributed by atoms with E-state index in [0.717, 1.165) is 16.7 Å². The van der Waals surface area contributed by atoms with Crippen molar-refractivity contribution in [2.45, 2.75) is 29.7 Å².